The van der Waals surface area contributed by atoms with E-state index in [9.17, 15) is 0 Å². The summed E-state index contributed by atoms with van der Waals surface area (Å²) in [6.07, 6.45) is 3.82. The molecule has 9 aromatic carbocycles. The van der Waals surface area contributed by atoms with Gasteiger partial charge in [-0.1, -0.05) is 133 Å². The van der Waals surface area contributed by atoms with Crippen molar-refractivity contribution in [3.63, 3.8) is 0 Å². The molecular weight excluding hydrogens is 657 g/mol. The summed E-state index contributed by atoms with van der Waals surface area (Å²) in [5.74, 6) is 0. The Labute approximate surface area is 312 Å². The van der Waals surface area contributed by atoms with Crippen molar-refractivity contribution in [2.24, 2.45) is 0 Å². The number of nitrogens with zero attached hydrogens (tertiary/aromatic N) is 2. The summed E-state index contributed by atoms with van der Waals surface area (Å²) in [5, 5.41) is 11.8. The highest BCUT2D eigenvalue weighted by Gasteiger charge is 2.23. The van der Waals surface area contributed by atoms with Crippen molar-refractivity contribution < 1.29 is 4.42 Å². The van der Waals surface area contributed by atoms with Crippen LogP contribution in [0.15, 0.2) is 199 Å². The molecule has 0 spiro atoms. The molecule has 0 unspecified atom stereocenters. The topological polar surface area (TPSA) is 29.3 Å². The number of pyridine rings is 1. The third-order valence-corrected chi connectivity index (χ3v) is 10.9. The molecule has 3 nitrogen and oxygen atoms in total. The molecule has 54 heavy (non-hydrogen) atoms. The Hall–Kier alpha value is -7.23. The van der Waals surface area contributed by atoms with Crippen LogP contribution in [0.1, 0.15) is 0 Å². The van der Waals surface area contributed by atoms with Crippen molar-refractivity contribution in [3.8, 4) is 22.3 Å². The lowest BCUT2D eigenvalue weighted by Gasteiger charge is -2.28. The van der Waals surface area contributed by atoms with Gasteiger partial charge in [-0.05, 0) is 103 Å². The van der Waals surface area contributed by atoms with Crippen molar-refractivity contribution in [3.05, 3.63) is 194 Å². The lowest BCUT2D eigenvalue weighted by Crippen LogP contribution is -2.11. The average Bonchev–Trinajstić information content (AvgIpc) is 3.61. The first-order chi connectivity index (χ1) is 26.8. The molecule has 2 aromatic heterocycles. The van der Waals surface area contributed by atoms with Crippen LogP contribution < -0.4 is 4.90 Å². The number of rotatable bonds is 5. The molecule has 0 amide bonds. The minimum atomic E-state index is 0.834. The molecule has 0 radical (unpaired) electrons. The van der Waals surface area contributed by atoms with E-state index in [1.807, 2.05) is 18.5 Å². The lowest BCUT2D eigenvalue weighted by atomic mass is 9.93. The van der Waals surface area contributed by atoms with E-state index in [-0.39, 0.29) is 0 Å². The van der Waals surface area contributed by atoms with Gasteiger partial charge in [0.2, 0.25) is 0 Å². The van der Waals surface area contributed by atoms with E-state index in [0.29, 0.717) is 0 Å². The van der Waals surface area contributed by atoms with Gasteiger partial charge in [-0.15, -0.1) is 0 Å². The maximum atomic E-state index is 6.56. The highest BCUT2D eigenvalue weighted by molar-refractivity contribution is 6.22. The van der Waals surface area contributed by atoms with Crippen molar-refractivity contribution in [2.45, 2.75) is 0 Å². The monoisotopic (exact) mass is 688 g/mol. The number of hydrogen-bond donors (Lipinski definition) is 0. The molecule has 0 saturated carbocycles. The normalized spacial score (nSPS) is 11.7. The molecule has 2 heterocycles. The van der Waals surface area contributed by atoms with E-state index in [1.54, 1.807) is 0 Å². The van der Waals surface area contributed by atoms with Gasteiger partial charge in [0.25, 0.3) is 0 Å². The van der Waals surface area contributed by atoms with Gasteiger partial charge in [-0.3, -0.25) is 4.98 Å². The second-order valence-electron chi connectivity index (χ2n) is 13.9. The van der Waals surface area contributed by atoms with Crippen molar-refractivity contribution in [1.82, 2.24) is 4.98 Å². The molecule has 252 valence electrons. The predicted octanol–water partition coefficient (Wildman–Crippen LogP) is 14.4. The highest BCUT2D eigenvalue weighted by Crippen LogP contribution is 2.48. The number of para-hydroxylation sites is 1. The zero-order valence-electron chi connectivity index (χ0n) is 29.3. The van der Waals surface area contributed by atoms with Crippen LogP contribution >= 0.6 is 0 Å². The van der Waals surface area contributed by atoms with E-state index >= 15 is 0 Å². The molecule has 0 aliphatic carbocycles. The lowest BCUT2D eigenvalue weighted by molar-refractivity contribution is 0.669. The molecule has 0 atom stereocenters. The van der Waals surface area contributed by atoms with Crippen LogP contribution in [0.3, 0.4) is 0 Å². The second-order valence-corrected chi connectivity index (χ2v) is 13.9. The van der Waals surface area contributed by atoms with Gasteiger partial charge in [-0.25, -0.2) is 0 Å². The van der Waals surface area contributed by atoms with Crippen LogP contribution in [0.25, 0.3) is 87.3 Å². The summed E-state index contributed by atoms with van der Waals surface area (Å²) >= 11 is 0. The summed E-state index contributed by atoms with van der Waals surface area (Å²) in [6.45, 7) is 0. The van der Waals surface area contributed by atoms with E-state index in [2.05, 4.69) is 186 Å². The number of furan rings is 1. The Kier molecular flexibility index (Phi) is 6.86. The van der Waals surface area contributed by atoms with E-state index in [0.717, 1.165) is 55.3 Å². The maximum Gasteiger partial charge on any atom is 0.138 e. The Morgan fingerprint density at radius 1 is 0.389 bits per heavy atom. The molecule has 0 N–H and O–H groups in total. The first-order valence-corrected chi connectivity index (χ1v) is 18.4. The van der Waals surface area contributed by atoms with Crippen LogP contribution in [-0.2, 0) is 0 Å². The summed E-state index contributed by atoms with van der Waals surface area (Å²) < 4.78 is 6.56. The van der Waals surface area contributed by atoms with Crippen LogP contribution in [-0.4, -0.2) is 4.98 Å². The fourth-order valence-corrected chi connectivity index (χ4v) is 8.44. The molecule has 11 aromatic rings. The van der Waals surface area contributed by atoms with Crippen LogP contribution in [0.4, 0.5) is 17.1 Å². The number of anilines is 3. The van der Waals surface area contributed by atoms with Gasteiger partial charge in [0.05, 0.1) is 11.1 Å². The second kappa shape index (κ2) is 12.2. The number of aromatic nitrogens is 1. The SMILES string of the molecule is c1cc(-c2cccc3ccccc23)cc(N(c2ccc(-c3cc4ccccc4c4ccccc34)cc2)c2c3ccncc3cc3oc4ccccc4c23)c1. The smallest absolute Gasteiger partial charge is 0.138 e. The van der Waals surface area contributed by atoms with Gasteiger partial charge < -0.3 is 9.32 Å². The largest absolute Gasteiger partial charge is 0.456 e. The minimum absolute atomic E-state index is 0.834. The van der Waals surface area contributed by atoms with E-state index < -0.39 is 0 Å². The zero-order chi connectivity index (χ0) is 35.6. The molecule has 0 saturated heterocycles. The molecule has 3 heteroatoms. The Morgan fingerprint density at radius 3 is 1.96 bits per heavy atom. The summed E-state index contributed by atoms with van der Waals surface area (Å²) in [5.41, 5.74) is 9.62. The maximum absolute atomic E-state index is 6.56. The van der Waals surface area contributed by atoms with Gasteiger partial charge >= 0.3 is 0 Å². The van der Waals surface area contributed by atoms with Crippen LogP contribution in [0.5, 0.6) is 0 Å². The average molecular weight is 689 g/mol. The molecule has 0 aliphatic rings. The van der Waals surface area contributed by atoms with Gasteiger partial charge in [0.1, 0.15) is 11.2 Å². The minimum Gasteiger partial charge on any atom is -0.456 e. The van der Waals surface area contributed by atoms with E-state index in [1.165, 1.54) is 49.0 Å². The Morgan fingerprint density at radius 2 is 1.09 bits per heavy atom. The van der Waals surface area contributed by atoms with Crippen molar-refractivity contribution in [2.75, 3.05) is 4.90 Å². The third kappa shape index (κ3) is 4.79. The number of benzene rings is 9. The fraction of sp³-hybridized carbons (Fsp3) is 0. The quantitative estimate of drug-likeness (QED) is 0.169. The molecule has 0 fully saturated rings. The van der Waals surface area contributed by atoms with E-state index in [4.69, 9.17) is 4.42 Å². The van der Waals surface area contributed by atoms with Crippen LogP contribution in [0.2, 0.25) is 0 Å². The number of fused-ring (bicyclic) bond motifs is 8. The molecule has 0 bridgehead atoms. The fourth-order valence-electron chi connectivity index (χ4n) is 8.44. The summed E-state index contributed by atoms with van der Waals surface area (Å²) in [4.78, 5) is 6.94. The van der Waals surface area contributed by atoms with Crippen LogP contribution in [0, 0.1) is 0 Å². The molecule has 11 rings (SSSR count). The van der Waals surface area contributed by atoms with Crippen molar-refractivity contribution >= 4 is 82.1 Å². The molecule has 0 aliphatic heterocycles. The van der Waals surface area contributed by atoms with Gasteiger partial charge in [0, 0.05) is 39.9 Å². The Balaban J connectivity index is 1.17. The highest BCUT2D eigenvalue weighted by atomic mass is 16.3. The van der Waals surface area contributed by atoms with Crippen molar-refractivity contribution in [1.29, 1.82) is 0 Å². The van der Waals surface area contributed by atoms with Gasteiger partial charge in [-0.2, -0.15) is 0 Å². The number of hydrogen-bond acceptors (Lipinski definition) is 3. The Bertz CT molecular complexity index is 3230. The summed E-state index contributed by atoms with van der Waals surface area (Å²) in [6, 6.07) is 65.5. The summed E-state index contributed by atoms with van der Waals surface area (Å²) in [7, 11) is 0. The first kappa shape index (κ1) is 30.4. The third-order valence-electron chi connectivity index (χ3n) is 10.9. The standard InChI is InChI=1S/C51H32N2O/c1-3-16-40-33(11-1)13-10-21-41(40)35-14-9-15-39(29-35)53(51-43-27-28-52-32-37(43)31-49-50(51)46-20-7-8-22-48(46)54-49)38-25-23-34(24-26-38)47-30-36-12-2-4-17-42(36)44-18-5-6-19-45(44)47/h1-32H. The zero-order valence-corrected chi connectivity index (χ0v) is 29.3. The predicted molar refractivity (Wildman–Crippen MR) is 227 cm³/mol. The van der Waals surface area contributed by atoms with Gasteiger partial charge in [0.15, 0.2) is 0 Å². The molecular formula is C51H32N2O. The first-order valence-electron chi connectivity index (χ1n) is 18.4.